The average molecular weight is 523 g/mol. The quantitative estimate of drug-likeness (QED) is 0.408. The van der Waals surface area contributed by atoms with Gasteiger partial charge >= 0.3 is 0 Å². The molecule has 1 N–H and O–H groups in total. The lowest BCUT2D eigenvalue weighted by Gasteiger charge is -2.30. The molecule has 34 heavy (non-hydrogen) atoms. The monoisotopic (exact) mass is 522 g/mol. The zero-order chi connectivity index (χ0) is 24.1. The van der Waals surface area contributed by atoms with E-state index in [-0.39, 0.29) is 24.5 Å². The number of carbonyl (C=O) groups excluding carboxylic acids is 2. The molecule has 0 spiro atoms. The molecule has 0 radical (unpaired) electrons. The molecule has 1 aliphatic rings. The first-order valence-corrected chi connectivity index (χ1v) is 12.7. The summed E-state index contributed by atoms with van der Waals surface area (Å²) in [6, 6.07) is 19.4. The Hall–Kier alpha value is -2.86. The second-order valence-corrected chi connectivity index (χ2v) is 9.79. The van der Waals surface area contributed by atoms with Crippen LogP contribution in [0.15, 0.2) is 65.1 Å². The number of ether oxygens (including phenoxy) is 1. The Morgan fingerprint density at radius 3 is 2.53 bits per heavy atom. The minimum absolute atomic E-state index is 0.110. The van der Waals surface area contributed by atoms with E-state index in [1.54, 1.807) is 11.8 Å². The predicted molar refractivity (Wildman–Crippen MR) is 139 cm³/mol. The molecule has 178 valence electrons. The Balaban J connectivity index is 1.51. The zero-order valence-corrected chi connectivity index (χ0v) is 21.3. The maximum atomic E-state index is 13.4. The van der Waals surface area contributed by atoms with Gasteiger partial charge in [-0.05, 0) is 70.6 Å². The Morgan fingerprint density at radius 2 is 1.76 bits per heavy atom. The topological polar surface area (TPSA) is 58.6 Å². The fraction of sp³-hybridized carbons (Fsp3) is 0.357. The largest absolute Gasteiger partial charge is 0.483 e. The van der Waals surface area contributed by atoms with Crippen LogP contribution in [0.4, 0.5) is 0 Å². The van der Waals surface area contributed by atoms with Crippen LogP contribution >= 0.6 is 15.9 Å². The molecule has 1 saturated carbocycles. The molecule has 1 aliphatic carbocycles. The lowest BCUT2D eigenvalue weighted by atomic mass is 10.1. The molecule has 0 aromatic heterocycles. The Morgan fingerprint density at radius 1 is 1.06 bits per heavy atom. The normalized spacial score (nSPS) is 14.7. The van der Waals surface area contributed by atoms with Crippen LogP contribution in [-0.4, -0.2) is 35.4 Å². The molecule has 1 atom stereocenters. The highest BCUT2D eigenvalue weighted by molar-refractivity contribution is 9.10. The van der Waals surface area contributed by atoms with Crippen LogP contribution in [0, 0.1) is 6.92 Å². The fourth-order valence-electron chi connectivity index (χ4n) is 4.49. The molecular weight excluding hydrogens is 492 g/mol. The summed E-state index contributed by atoms with van der Waals surface area (Å²) in [5.74, 6) is 0.268. The molecule has 2 amide bonds. The van der Waals surface area contributed by atoms with Crippen LogP contribution in [0.3, 0.4) is 0 Å². The first-order valence-electron chi connectivity index (χ1n) is 11.9. The first kappa shape index (κ1) is 24.3. The van der Waals surface area contributed by atoms with Gasteiger partial charge < -0.3 is 15.0 Å². The maximum Gasteiger partial charge on any atom is 0.261 e. The number of carbonyl (C=O) groups is 2. The van der Waals surface area contributed by atoms with E-state index >= 15 is 0 Å². The van der Waals surface area contributed by atoms with Crippen molar-refractivity contribution in [2.45, 2.75) is 58.2 Å². The molecule has 3 aromatic carbocycles. The van der Waals surface area contributed by atoms with E-state index < -0.39 is 6.04 Å². The van der Waals surface area contributed by atoms with Crippen LogP contribution in [0.25, 0.3) is 10.8 Å². The van der Waals surface area contributed by atoms with Gasteiger partial charge in [-0.3, -0.25) is 9.59 Å². The van der Waals surface area contributed by atoms with Crippen molar-refractivity contribution >= 4 is 38.5 Å². The smallest absolute Gasteiger partial charge is 0.261 e. The molecule has 0 bridgehead atoms. The van der Waals surface area contributed by atoms with Crippen LogP contribution < -0.4 is 10.1 Å². The first-order chi connectivity index (χ1) is 16.4. The summed E-state index contributed by atoms with van der Waals surface area (Å²) in [5.41, 5.74) is 2.10. The highest BCUT2D eigenvalue weighted by atomic mass is 79.9. The maximum absolute atomic E-state index is 13.4. The number of halogens is 1. The minimum atomic E-state index is -0.601. The number of hydrogen-bond donors (Lipinski definition) is 1. The van der Waals surface area contributed by atoms with E-state index in [2.05, 4.69) is 21.2 Å². The molecule has 3 aromatic rings. The summed E-state index contributed by atoms with van der Waals surface area (Å²) < 4.78 is 6.76. The third kappa shape index (κ3) is 5.61. The van der Waals surface area contributed by atoms with Gasteiger partial charge in [-0.15, -0.1) is 0 Å². The van der Waals surface area contributed by atoms with Crippen molar-refractivity contribution in [2.24, 2.45) is 0 Å². The standard InChI is InChI=1S/C28H31BrN2O3/c1-19-9-3-4-11-22(19)17-31(20(2)28(33)30-23-12-6-7-13-23)26(32)18-34-25-16-15-21-10-5-8-14-24(21)27(25)29/h3-5,8-11,14-16,20,23H,6-7,12-13,17-18H2,1-2H3,(H,30,33). The Labute approximate surface area is 209 Å². The van der Waals surface area contributed by atoms with Gasteiger partial charge in [0.05, 0.1) is 4.47 Å². The van der Waals surface area contributed by atoms with Crippen LogP contribution in [0.2, 0.25) is 0 Å². The number of fused-ring (bicyclic) bond motifs is 1. The molecule has 5 nitrogen and oxygen atoms in total. The molecule has 1 unspecified atom stereocenters. The van der Waals surface area contributed by atoms with Crippen molar-refractivity contribution in [1.82, 2.24) is 10.2 Å². The van der Waals surface area contributed by atoms with Crippen LogP contribution in [0.1, 0.15) is 43.7 Å². The average Bonchev–Trinajstić information content (AvgIpc) is 3.36. The van der Waals surface area contributed by atoms with Crippen LogP contribution in [-0.2, 0) is 16.1 Å². The van der Waals surface area contributed by atoms with Gasteiger partial charge in [0.15, 0.2) is 6.61 Å². The van der Waals surface area contributed by atoms with Crippen LogP contribution in [0.5, 0.6) is 5.75 Å². The number of nitrogens with zero attached hydrogens (tertiary/aromatic N) is 1. The molecule has 4 rings (SSSR count). The molecule has 0 aliphatic heterocycles. The second-order valence-electron chi connectivity index (χ2n) is 9.00. The summed E-state index contributed by atoms with van der Waals surface area (Å²) >= 11 is 3.62. The fourth-order valence-corrected chi connectivity index (χ4v) is 5.10. The van der Waals surface area contributed by atoms with Crippen molar-refractivity contribution in [2.75, 3.05) is 6.61 Å². The van der Waals surface area contributed by atoms with Gasteiger partial charge in [-0.25, -0.2) is 0 Å². The predicted octanol–water partition coefficient (Wildman–Crippen LogP) is 5.77. The molecule has 0 heterocycles. The van der Waals surface area contributed by atoms with E-state index in [9.17, 15) is 9.59 Å². The lowest BCUT2D eigenvalue weighted by molar-refractivity contribution is -0.142. The number of benzene rings is 3. The van der Waals surface area contributed by atoms with Crippen molar-refractivity contribution in [1.29, 1.82) is 0 Å². The molecule has 6 heteroatoms. The number of rotatable bonds is 8. The van der Waals surface area contributed by atoms with Crippen molar-refractivity contribution < 1.29 is 14.3 Å². The van der Waals surface area contributed by atoms with E-state index in [1.807, 2.05) is 67.6 Å². The van der Waals surface area contributed by atoms with Gasteiger partial charge in [-0.2, -0.15) is 0 Å². The Kier molecular flexibility index (Phi) is 7.88. The number of nitrogens with one attached hydrogen (secondary N) is 1. The summed E-state index contributed by atoms with van der Waals surface area (Å²) in [6.07, 6.45) is 4.28. The lowest BCUT2D eigenvalue weighted by Crippen LogP contribution is -2.50. The summed E-state index contributed by atoms with van der Waals surface area (Å²) in [7, 11) is 0. The van der Waals surface area contributed by atoms with Crippen molar-refractivity contribution in [3.8, 4) is 5.75 Å². The molecule has 1 fully saturated rings. The zero-order valence-electron chi connectivity index (χ0n) is 19.7. The highest BCUT2D eigenvalue weighted by Crippen LogP contribution is 2.33. The summed E-state index contributed by atoms with van der Waals surface area (Å²) in [6.45, 7) is 4.02. The molecular formula is C28H31BrN2O3. The van der Waals surface area contributed by atoms with Crippen molar-refractivity contribution in [3.05, 3.63) is 76.3 Å². The SMILES string of the molecule is Cc1ccccc1CN(C(=O)COc1ccc2ccccc2c1Br)C(C)C(=O)NC1CCCC1. The third-order valence-corrected chi connectivity index (χ3v) is 7.47. The van der Waals surface area contributed by atoms with Crippen molar-refractivity contribution in [3.63, 3.8) is 0 Å². The van der Waals surface area contributed by atoms with E-state index in [4.69, 9.17) is 4.74 Å². The number of amides is 2. The van der Waals surface area contributed by atoms with E-state index in [1.165, 1.54) is 0 Å². The van der Waals surface area contributed by atoms with Gasteiger partial charge in [0.2, 0.25) is 5.91 Å². The molecule has 0 saturated heterocycles. The number of aryl methyl sites for hydroxylation is 1. The Bertz CT molecular complexity index is 1170. The van der Waals surface area contributed by atoms with Gasteiger partial charge in [0, 0.05) is 12.6 Å². The van der Waals surface area contributed by atoms with Gasteiger partial charge in [0.1, 0.15) is 11.8 Å². The van der Waals surface area contributed by atoms with E-state index in [0.717, 1.165) is 52.1 Å². The third-order valence-electron chi connectivity index (χ3n) is 6.65. The second kappa shape index (κ2) is 11.0. The van der Waals surface area contributed by atoms with Gasteiger partial charge in [-0.1, -0.05) is 67.4 Å². The van der Waals surface area contributed by atoms with Gasteiger partial charge in [0.25, 0.3) is 5.91 Å². The summed E-state index contributed by atoms with van der Waals surface area (Å²) in [4.78, 5) is 28.1. The summed E-state index contributed by atoms with van der Waals surface area (Å²) in [5, 5.41) is 5.25. The number of hydrogen-bond acceptors (Lipinski definition) is 3. The highest BCUT2D eigenvalue weighted by Gasteiger charge is 2.29. The minimum Gasteiger partial charge on any atom is -0.483 e. The van der Waals surface area contributed by atoms with E-state index in [0.29, 0.717) is 12.3 Å².